The fraction of sp³-hybridized carbons (Fsp3) is 0.435. The highest BCUT2D eigenvalue weighted by molar-refractivity contribution is 7.70. The van der Waals surface area contributed by atoms with Crippen LogP contribution in [0.5, 0.6) is 0 Å². The lowest BCUT2D eigenvalue weighted by Gasteiger charge is -2.25. The summed E-state index contributed by atoms with van der Waals surface area (Å²) < 4.78 is 12.8. The van der Waals surface area contributed by atoms with Gasteiger partial charge in [0.2, 0.25) is 6.41 Å². The van der Waals surface area contributed by atoms with Crippen molar-refractivity contribution in [1.82, 2.24) is 5.32 Å². The summed E-state index contributed by atoms with van der Waals surface area (Å²) in [6.07, 6.45) is 1.80. The number of carbonyl (C=O) groups is 1. The lowest BCUT2D eigenvalue weighted by atomic mass is 9.95. The van der Waals surface area contributed by atoms with Crippen LogP contribution in [0.15, 0.2) is 42.5 Å². The normalized spacial score (nSPS) is 12.8. The van der Waals surface area contributed by atoms with Gasteiger partial charge < -0.3 is 14.8 Å². The summed E-state index contributed by atoms with van der Waals surface area (Å²) in [5, 5.41) is 4.11. The third-order valence-electron chi connectivity index (χ3n) is 5.18. The average Bonchev–Trinajstić information content (AvgIpc) is 2.67. The fourth-order valence-corrected chi connectivity index (χ4v) is 4.57. The van der Waals surface area contributed by atoms with Crippen molar-refractivity contribution in [3.05, 3.63) is 48.0 Å². The van der Waals surface area contributed by atoms with E-state index in [9.17, 15) is 9.36 Å². The molecule has 0 aliphatic heterocycles. The van der Waals surface area contributed by atoms with Crippen LogP contribution in [0.1, 0.15) is 38.7 Å². The second-order valence-electron chi connectivity index (χ2n) is 8.07. The first-order valence-electron chi connectivity index (χ1n) is 9.87. The molecule has 28 heavy (non-hydrogen) atoms. The van der Waals surface area contributed by atoms with Gasteiger partial charge in [-0.2, -0.15) is 0 Å². The molecule has 152 valence electrons. The summed E-state index contributed by atoms with van der Waals surface area (Å²) >= 11 is 0. The van der Waals surface area contributed by atoms with E-state index in [4.69, 9.17) is 0 Å². The monoisotopic (exact) mass is 400 g/mol. The molecule has 1 atom stereocenters. The van der Waals surface area contributed by atoms with E-state index in [1.807, 2.05) is 43.4 Å². The van der Waals surface area contributed by atoms with Gasteiger partial charge in [-0.1, -0.05) is 44.2 Å². The third-order valence-corrected chi connectivity index (χ3v) is 6.73. The van der Waals surface area contributed by atoms with Crippen LogP contribution in [-0.4, -0.2) is 39.4 Å². The maximum Gasteiger partial charge on any atom is 0.214 e. The minimum atomic E-state index is -2.40. The van der Waals surface area contributed by atoms with E-state index in [1.165, 1.54) is 0 Å². The molecule has 0 saturated heterocycles. The Hall–Kier alpha value is -1.90. The summed E-state index contributed by atoms with van der Waals surface area (Å²) in [6.45, 7) is 10.7. The molecular formula is C23H33N2O2P. The second-order valence-corrected chi connectivity index (χ2v) is 11.3. The van der Waals surface area contributed by atoms with Crippen LogP contribution < -0.4 is 15.5 Å². The van der Waals surface area contributed by atoms with Crippen LogP contribution in [0.2, 0.25) is 0 Å². The quantitative estimate of drug-likeness (QED) is 0.491. The molecule has 0 bridgehead atoms. The molecule has 1 N–H and O–H groups in total. The molecule has 0 fully saturated rings. The Labute approximate surface area is 169 Å². The number of anilines is 1. The molecule has 0 saturated carbocycles. The number of hydrogen-bond donors (Lipinski definition) is 1. The van der Waals surface area contributed by atoms with Crippen molar-refractivity contribution < 1.29 is 9.36 Å². The van der Waals surface area contributed by atoms with Crippen molar-refractivity contribution in [3.8, 4) is 11.1 Å². The lowest BCUT2D eigenvalue weighted by molar-refractivity contribution is -0.107. The summed E-state index contributed by atoms with van der Waals surface area (Å²) in [5.41, 5.74) is 4.12. The van der Waals surface area contributed by atoms with Gasteiger partial charge in [-0.3, -0.25) is 4.79 Å². The molecule has 0 aliphatic carbocycles. The third kappa shape index (κ3) is 5.33. The van der Waals surface area contributed by atoms with E-state index in [-0.39, 0.29) is 5.92 Å². The van der Waals surface area contributed by atoms with Crippen molar-refractivity contribution in [3.63, 3.8) is 0 Å². The zero-order chi connectivity index (χ0) is 20.9. The standard InChI is InChI=1S/C23H33N2O2P/c1-17(2)21-15-19(20-9-7-8-10-23(20)28(5,6)27)11-12-22(21)25(16-26)14-13-18(3)24-4/h7-12,15-18,24H,13-14H2,1-6H3. The molecule has 2 aromatic carbocycles. The first kappa shape index (κ1) is 22.4. The summed E-state index contributed by atoms with van der Waals surface area (Å²) in [6, 6.07) is 14.5. The van der Waals surface area contributed by atoms with E-state index in [0.717, 1.165) is 40.5 Å². The molecule has 0 radical (unpaired) electrons. The predicted molar refractivity (Wildman–Crippen MR) is 122 cm³/mol. The maximum atomic E-state index is 12.8. The Kier molecular flexibility index (Phi) is 7.63. The molecule has 0 spiro atoms. The van der Waals surface area contributed by atoms with Gasteiger partial charge in [-0.15, -0.1) is 0 Å². The lowest BCUT2D eigenvalue weighted by Crippen LogP contribution is -2.30. The highest BCUT2D eigenvalue weighted by Crippen LogP contribution is 2.40. The molecule has 1 unspecified atom stereocenters. The molecular weight excluding hydrogens is 367 g/mol. The number of amides is 1. The van der Waals surface area contributed by atoms with Crippen LogP contribution in [0.4, 0.5) is 5.69 Å². The fourth-order valence-electron chi connectivity index (χ4n) is 3.34. The van der Waals surface area contributed by atoms with Gasteiger partial charge in [0.05, 0.1) is 0 Å². The van der Waals surface area contributed by atoms with Crippen molar-refractivity contribution in [2.75, 3.05) is 31.8 Å². The first-order valence-corrected chi connectivity index (χ1v) is 12.5. The Morgan fingerprint density at radius 3 is 2.36 bits per heavy atom. The van der Waals surface area contributed by atoms with E-state index < -0.39 is 7.14 Å². The van der Waals surface area contributed by atoms with Crippen LogP contribution in [0, 0.1) is 0 Å². The molecule has 4 nitrogen and oxygen atoms in total. The van der Waals surface area contributed by atoms with Crippen molar-refractivity contribution in [2.24, 2.45) is 0 Å². The minimum absolute atomic E-state index is 0.265. The predicted octanol–water partition coefficient (Wildman–Crippen LogP) is 4.69. The van der Waals surface area contributed by atoms with Gasteiger partial charge in [0.1, 0.15) is 7.14 Å². The highest BCUT2D eigenvalue weighted by atomic mass is 31.2. The smallest absolute Gasteiger partial charge is 0.214 e. The van der Waals surface area contributed by atoms with Crippen molar-refractivity contribution >= 4 is 24.5 Å². The first-order chi connectivity index (χ1) is 13.2. The number of rotatable bonds is 9. The van der Waals surface area contributed by atoms with Gasteiger partial charge >= 0.3 is 0 Å². The van der Waals surface area contributed by atoms with Crippen LogP contribution >= 0.6 is 7.14 Å². The number of nitrogens with zero attached hydrogens (tertiary/aromatic N) is 1. The highest BCUT2D eigenvalue weighted by Gasteiger charge is 2.19. The van der Waals surface area contributed by atoms with Crippen LogP contribution in [-0.2, 0) is 9.36 Å². The maximum absolute atomic E-state index is 12.8. The van der Waals surface area contributed by atoms with E-state index in [1.54, 1.807) is 18.2 Å². The van der Waals surface area contributed by atoms with E-state index in [0.29, 0.717) is 12.6 Å². The Bertz CT molecular complexity index is 857. The molecule has 0 aromatic heterocycles. The minimum Gasteiger partial charge on any atom is -0.319 e. The van der Waals surface area contributed by atoms with E-state index >= 15 is 0 Å². The number of hydrogen-bond acceptors (Lipinski definition) is 3. The van der Waals surface area contributed by atoms with Gasteiger partial charge in [0.15, 0.2) is 0 Å². The Balaban J connectivity index is 2.49. The van der Waals surface area contributed by atoms with Crippen LogP contribution in [0.25, 0.3) is 11.1 Å². The molecule has 2 rings (SSSR count). The summed E-state index contributed by atoms with van der Waals surface area (Å²) in [7, 11) is -0.463. The largest absolute Gasteiger partial charge is 0.319 e. The SMILES string of the molecule is CNC(C)CCN(C=O)c1ccc(-c2ccccc2P(C)(C)=O)cc1C(C)C. The zero-order valence-electron chi connectivity index (χ0n) is 17.9. The van der Waals surface area contributed by atoms with Crippen LogP contribution in [0.3, 0.4) is 0 Å². The number of nitrogens with one attached hydrogen (secondary N) is 1. The van der Waals surface area contributed by atoms with Crippen molar-refractivity contribution in [1.29, 1.82) is 0 Å². The van der Waals surface area contributed by atoms with Gasteiger partial charge in [0.25, 0.3) is 0 Å². The van der Waals surface area contributed by atoms with Gasteiger partial charge in [-0.05, 0) is 68.5 Å². The molecule has 0 aliphatic rings. The number of benzene rings is 2. The second kappa shape index (κ2) is 9.54. The summed E-state index contributed by atoms with van der Waals surface area (Å²) in [4.78, 5) is 13.6. The van der Waals surface area contributed by atoms with Gasteiger partial charge in [0, 0.05) is 23.6 Å². The summed E-state index contributed by atoms with van der Waals surface area (Å²) in [5.74, 6) is 0.265. The Morgan fingerprint density at radius 2 is 1.79 bits per heavy atom. The number of carbonyl (C=O) groups excluding carboxylic acids is 1. The molecule has 0 heterocycles. The molecule has 5 heteroatoms. The topological polar surface area (TPSA) is 49.4 Å². The molecule has 1 amide bonds. The average molecular weight is 401 g/mol. The van der Waals surface area contributed by atoms with Crippen molar-refractivity contribution in [2.45, 2.75) is 39.2 Å². The Morgan fingerprint density at radius 1 is 1.11 bits per heavy atom. The van der Waals surface area contributed by atoms with E-state index in [2.05, 4.69) is 32.2 Å². The van der Waals surface area contributed by atoms with Gasteiger partial charge in [-0.25, -0.2) is 0 Å². The zero-order valence-corrected chi connectivity index (χ0v) is 18.8. The molecule has 2 aromatic rings.